The highest BCUT2D eigenvalue weighted by Crippen LogP contribution is 2.38. The third kappa shape index (κ3) is 4.56. The second kappa shape index (κ2) is 10.3. The van der Waals surface area contributed by atoms with Crippen molar-refractivity contribution in [2.24, 2.45) is 0 Å². The molecule has 10 nitrogen and oxygen atoms in total. The Morgan fingerprint density at radius 2 is 2.02 bits per heavy atom. The molecule has 0 aliphatic carbocycles. The first kappa shape index (κ1) is 25.2. The van der Waals surface area contributed by atoms with Crippen molar-refractivity contribution in [1.82, 2.24) is 35.3 Å². The maximum absolute atomic E-state index is 15.7. The molecule has 0 unspecified atom stereocenters. The van der Waals surface area contributed by atoms with E-state index in [1.54, 1.807) is 59.1 Å². The maximum Gasteiger partial charge on any atom is 0.262 e. The lowest BCUT2D eigenvalue weighted by Crippen LogP contribution is -2.49. The van der Waals surface area contributed by atoms with Gasteiger partial charge in [0.1, 0.15) is 23.0 Å². The Bertz CT molecular complexity index is 1900. The molecule has 0 saturated carbocycles. The predicted octanol–water partition coefficient (Wildman–Crippen LogP) is 4.61. The van der Waals surface area contributed by atoms with Crippen LogP contribution in [0.4, 0.5) is 16.0 Å². The number of carbonyl (C=O) groups excluding carboxylic acids is 1. The van der Waals surface area contributed by atoms with Crippen LogP contribution in [0.2, 0.25) is 0 Å². The lowest BCUT2D eigenvalue weighted by molar-refractivity contribution is 0.0968. The molecule has 0 bridgehead atoms. The minimum atomic E-state index is -0.660. The Labute approximate surface area is 237 Å². The highest BCUT2D eigenvalue weighted by Gasteiger charge is 2.32. The van der Waals surface area contributed by atoms with Crippen LogP contribution < -0.4 is 16.0 Å². The molecule has 1 aromatic carbocycles. The number of fused-ring (bicyclic) bond motifs is 2. The van der Waals surface area contributed by atoms with Gasteiger partial charge in [-0.3, -0.25) is 9.69 Å². The average Bonchev–Trinajstić information content (AvgIpc) is 3.63. The monoisotopic (exact) mass is 565 g/mol. The number of thiophene rings is 1. The van der Waals surface area contributed by atoms with Crippen LogP contribution in [0.3, 0.4) is 0 Å². The van der Waals surface area contributed by atoms with Crippen molar-refractivity contribution < 1.29 is 9.18 Å². The third-order valence-electron chi connectivity index (χ3n) is 7.21. The SMILES string of the molecule is Nc1ccc(-c2cc3c(N(C(=O)c4ccc(-n5nnc6cccnc65)cc4F)[C@@H]4CCCNC4)nccc3s2)cn1. The topological polar surface area (TPSA) is 128 Å². The molecular weight excluding hydrogens is 541 g/mol. The van der Waals surface area contributed by atoms with Crippen molar-refractivity contribution >= 4 is 50.1 Å². The Balaban J connectivity index is 1.30. The number of pyridine rings is 3. The van der Waals surface area contributed by atoms with Crippen LogP contribution >= 0.6 is 11.3 Å². The summed E-state index contributed by atoms with van der Waals surface area (Å²) in [7, 11) is 0. The summed E-state index contributed by atoms with van der Waals surface area (Å²) in [5.41, 5.74) is 8.16. The van der Waals surface area contributed by atoms with Gasteiger partial charge in [0.2, 0.25) is 0 Å². The number of carbonyl (C=O) groups is 1. The van der Waals surface area contributed by atoms with E-state index in [9.17, 15) is 4.79 Å². The molecule has 0 spiro atoms. The number of benzene rings is 1. The van der Waals surface area contributed by atoms with Gasteiger partial charge in [0.15, 0.2) is 5.65 Å². The fraction of sp³-hybridized carbons (Fsp3) is 0.172. The number of nitrogen functional groups attached to an aromatic ring is 1. The molecule has 1 amide bonds. The Hall–Kier alpha value is -4.81. The van der Waals surface area contributed by atoms with Gasteiger partial charge in [0.25, 0.3) is 5.91 Å². The van der Waals surface area contributed by atoms with Gasteiger partial charge >= 0.3 is 0 Å². The molecule has 0 radical (unpaired) electrons. The molecule has 7 rings (SSSR count). The van der Waals surface area contributed by atoms with E-state index >= 15 is 4.39 Å². The molecular formula is C29H24FN9OS. The summed E-state index contributed by atoms with van der Waals surface area (Å²) in [6.45, 7) is 1.45. The molecule has 1 saturated heterocycles. The number of hydrogen-bond donors (Lipinski definition) is 2. The summed E-state index contributed by atoms with van der Waals surface area (Å²) in [5.74, 6) is -0.166. The van der Waals surface area contributed by atoms with Crippen LogP contribution in [-0.2, 0) is 0 Å². The van der Waals surface area contributed by atoms with E-state index in [4.69, 9.17) is 5.73 Å². The van der Waals surface area contributed by atoms with Crippen molar-refractivity contribution in [3.05, 3.63) is 84.6 Å². The van der Waals surface area contributed by atoms with Crippen molar-refractivity contribution in [3.8, 4) is 16.1 Å². The van der Waals surface area contributed by atoms with Crippen LogP contribution in [-0.4, -0.2) is 55.0 Å². The van der Waals surface area contributed by atoms with E-state index in [2.05, 4.69) is 30.6 Å². The zero-order valence-electron chi connectivity index (χ0n) is 21.7. The lowest BCUT2D eigenvalue weighted by atomic mass is 10.0. The quantitative estimate of drug-likeness (QED) is 0.310. The van der Waals surface area contributed by atoms with Crippen LogP contribution in [0, 0.1) is 5.82 Å². The minimum Gasteiger partial charge on any atom is -0.384 e. The molecule has 1 atom stereocenters. The molecule has 5 aromatic heterocycles. The van der Waals surface area contributed by atoms with Gasteiger partial charge in [-0.1, -0.05) is 5.21 Å². The first-order valence-electron chi connectivity index (χ1n) is 13.2. The largest absolute Gasteiger partial charge is 0.384 e. The van der Waals surface area contributed by atoms with E-state index in [0.29, 0.717) is 35.0 Å². The Morgan fingerprint density at radius 1 is 1.10 bits per heavy atom. The molecule has 41 heavy (non-hydrogen) atoms. The number of hydrogen-bond acceptors (Lipinski definition) is 9. The van der Waals surface area contributed by atoms with Crippen LogP contribution in [0.1, 0.15) is 23.2 Å². The fourth-order valence-electron chi connectivity index (χ4n) is 5.20. The van der Waals surface area contributed by atoms with Crippen molar-refractivity contribution in [1.29, 1.82) is 0 Å². The number of anilines is 2. The molecule has 3 N–H and O–H groups in total. The number of rotatable bonds is 5. The number of aromatic nitrogens is 6. The normalized spacial score (nSPS) is 15.4. The average molecular weight is 566 g/mol. The van der Waals surface area contributed by atoms with Crippen molar-refractivity contribution in [3.63, 3.8) is 0 Å². The second-order valence-electron chi connectivity index (χ2n) is 9.82. The highest BCUT2D eigenvalue weighted by atomic mass is 32.1. The zero-order chi connectivity index (χ0) is 27.9. The van der Waals surface area contributed by atoms with Crippen LogP contribution in [0.15, 0.2) is 73.2 Å². The molecule has 1 aliphatic rings. The summed E-state index contributed by atoms with van der Waals surface area (Å²) in [5, 5.41) is 12.4. The summed E-state index contributed by atoms with van der Waals surface area (Å²) in [6.07, 6.45) is 6.71. The minimum absolute atomic E-state index is 0.0475. The second-order valence-corrected chi connectivity index (χ2v) is 10.9. The van der Waals surface area contributed by atoms with Gasteiger partial charge in [0.05, 0.1) is 17.3 Å². The lowest BCUT2D eigenvalue weighted by Gasteiger charge is -2.34. The van der Waals surface area contributed by atoms with Gasteiger partial charge in [-0.05, 0) is 67.9 Å². The van der Waals surface area contributed by atoms with E-state index in [-0.39, 0.29) is 11.6 Å². The van der Waals surface area contributed by atoms with E-state index in [1.165, 1.54) is 16.8 Å². The van der Waals surface area contributed by atoms with Gasteiger partial charge in [-0.15, -0.1) is 16.4 Å². The number of nitrogens with one attached hydrogen (secondary N) is 1. The molecule has 204 valence electrons. The number of halogens is 1. The standard InChI is InChI=1S/C29H24FN9OS/c30-22-13-18(39-28-23(36-37-39)4-2-11-33-28)6-7-20(22)29(40)38(19-3-1-10-32-16-19)27-21-14-25(41-24(21)9-12-34-27)17-5-8-26(31)35-15-17/h2,4-9,11-15,19,32H,1,3,10,16H2,(H2,31,35)/t19-/m1/s1. The molecule has 6 aromatic rings. The fourth-order valence-corrected chi connectivity index (χ4v) is 6.24. The first-order chi connectivity index (χ1) is 20.1. The van der Waals surface area contributed by atoms with Gasteiger partial charge in [-0.2, -0.15) is 4.68 Å². The van der Waals surface area contributed by atoms with Crippen molar-refractivity contribution in [2.45, 2.75) is 18.9 Å². The molecule has 12 heteroatoms. The summed E-state index contributed by atoms with van der Waals surface area (Å²) >= 11 is 1.58. The molecule has 1 aliphatic heterocycles. The highest BCUT2D eigenvalue weighted by molar-refractivity contribution is 7.22. The van der Waals surface area contributed by atoms with E-state index in [0.717, 1.165) is 39.9 Å². The molecule has 1 fully saturated rings. The number of nitrogens with zero attached hydrogens (tertiary/aromatic N) is 7. The smallest absolute Gasteiger partial charge is 0.262 e. The zero-order valence-corrected chi connectivity index (χ0v) is 22.6. The number of amides is 1. The van der Waals surface area contributed by atoms with Crippen LogP contribution in [0.5, 0.6) is 0 Å². The van der Waals surface area contributed by atoms with E-state index < -0.39 is 11.7 Å². The predicted molar refractivity (Wildman–Crippen MR) is 157 cm³/mol. The summed E-state index contributed by atoms with van der Waals surface area (Å²) in [4.78, 5) is 30.0. The maximum atomic E-state index is 15.7. The number of nitrogens with two attached hydrogens (primary N) is 1. The van der Waals surface area contributed by atoms with Gasteiger partial charge < -0.3 is 11.1 Å². The number of piperidine rings is 1. The third-order valence-corrected chi connectivity index (χ3v) is 8.36. The first-order valence-corrected chi connectivity index (χ1v) is 14.0. The van der Waals surface area contributed by atoms with E-state index in [1.807, 2.05) is 18.2 Å². The summed E-state index contributed by atoms with van der Waals surface area (Å²) in [6, 6.07) is 15.4. The Kier molecular flexibility index (Phi) is 6.33. The summed E-state index contributed by atoms with van der Waals surface area (Å²) < 4.78 is 18.1. The Morgan fingerprint density at radius 3 is 2.83 bits per heavy atom. The van der Waals surface area contributed by atoms with Gasteiger partial charge in [-0.25, -0.2) is 19.3 Å². The van der Waals surface area contributed by atoms with Crippen molar-refractivity contribution in [2.75, 3.05) is 23.7 Å². The van der Waals surface area contributed by atoms with Crippen LogP contribution in [0.25, 0.3) is 37.4 Å². The van der Waals surface area contributed by atoms with Gasteiger partial charge in [0, 0.05) is 51.7 Å². The molecule has 6 heterocycles.